The Morgan fingerprint density at radius 2 is 2.05 bits per heavy atom. The zero-order chi connectivity index (χ0) is 15.2. The minimum atomic E-state index is -0.363. The number of aryl methyl sites for hydroxylation is 1. The molecule has 4 aliphatic rings. The van der Waals surface area contributed by atoms with Crippen molar-refractivity contribution in [2.75, 3.05) is 19.6 Å². The fraction of sp³-hybridized carbons (Fsp3) is 0.632. The SMILES string of the molecule is Cc1cccc(C2(C(=O)OC3CN4CCC3CC4)CCC2)c1. The van der Waals surface area contributed by atoms with Gasteiger partial charge in [-0.05, 0) is 57.2 Å². The van der Waals surface area contributed by atoms with Crippen LogP contribution in [0.4, 0.5) is 0 Å². The Hall–Kier alpha value is -1.35. The van der Waals surface area contributed by atoms with Crippen LogP contribution >= 0.6 is 0 Å². The molecule has 5 rings (SSSR count). The molecular weight excluding hydrogens is 274 g/mol. The number of nitrogens with zero attached hydrogens (tertiary/aromatic N) is 1. The molecule has 118 valence electrons. The van der Waals surface area contributed by atoms with Gasteiger partial charge in [-0.3, -0.25) is 9.69 Å². The Bertz CT molecular complexity index is 571. The number of carbonyl (C=O) groups is 1. The van der Waals surface area contributed by atoms with E-state index in [2.05, 4.69) is 36.1 Å². The molecule has 0 radical (unpaired) electrons. The van der Waals surface area contributed by atoms with Crippen LogP contribution in [0.3, 0.4) is 0 Å². The van der Waals surface area contributed by atoms with Crippen molar-refractivity contribution in [2.45, 2.75) is 50.5 Å². The Morgan fingerprint density at radius 1 is 1.27 bits per heavy atom. The lowest BCUT2D eigenvalue weighted by atomic mass is 9.64. The third-order valence-corrected chi connectivity index (χ3v) is 6.02. The molecule has 0 spiro atoms. The second-order valence-electron chi connectivity index (χ2n) is 7.39. The maximum Gasteiger partial charge on any atom is 0.316 e. The predicted octanol–water partition coefficient (Wildman–Crippen LogP) is 3.05. The van der Waals surface area contributed by atoms with Crippen molar-refractivity contribution in [3.05, 3.63) is 35.4 Å². The summed E-state index contributed by atoms with van der Waals surface area (Å²) in [5.41, 5.74) is 2.02. The maximum absolute atomic E-state index is 13.0. The molecular formula is C19H25NO2. The van der Waals surface area contributed by atoms with Crippen LogP contribution in [-0.2, 0) is 14.9 Å². The first-order chi connectivity index (χ1) is 10.7. The number of piperidine rings is 3. The normalized spacial score (nSPS) is 32.3. The lowest BCUT2D eigenvalue weighted by molar-refractivity contribution is -0.169. The zero-order valence-electron chi connectivity index (χ0n) is 13.4. The van der Waals surface area contributed by atoms with Gasteiger partial charge in [0.15, 0.2) is 0 Å². The predicted molar refractivity (Wildman–Crippen MR) is 85.8 cm³/mol. The summed E-state index contributed by atoms with van der Waals surface area (Å²) in [5, 5.41) is 0. The van der Waals surface area contributed by atoms with E-state index in [0.717, 1.165) is 31.4 Å². The summed E-state index contributed by atoms with van der Waals surface area (Å²) in [7, 11) is 0. The molecule has 1 aromatic rings. The van der Waals surface area contributed by atoms with Gasteiger partial charge in [-0.15, -0.1) is 0 Å². The van der Waals surface area contributed by atoms with E-state index < -0.39 is 0 Å². The summed E-state index contributed by atoms with van der Waals surface area (Å²) in [5.74, 6) is 0.617. The molecule has 1 saturated carbocycles. The van der Waals surface area contributed by atoms with E-state index in [-0.39, 0.29) is 17.5 Å². The van der Waals surface area contributed by atoms with Gasteiger partial charge in [0, 0.05) is 6.54 Å². The van der Waals surface area contributed by atoms with Crippen LogP contribution in [0.1, 0.15) is 43.2 Å². The molecule has 1 atom stereocenters. The summed E-state index contributed by atoms with van der Waals surface area (Å²) in [6, 6.07) is 8.42. The summed E-state index contributed by atoms with van der Waals surface area (Å²) in [6.07, 6.45) is 5.51. The van der Waals surface area contributed by atoms with Crippen LogP contribution in [0.15, 0.2) is 24.3 Å². The molecule has 0 N–H and O–H groups in total. The van der Waals surface area contributed by atoms with Crippen LogP contribution in [0.2, 0.25) is 0 Å². The minimum absolute atomic E-state index is 0.0306. The highest BCUT2D eigenvalue weighted by atomic mass is 16.5. The zero-order valence-corrected chi connectivity index (χ0v) is 13.4. The number of esters is 1. The Labute approximate surface area is 132 Å². The fourth-order valence-electron chi connectivity index (χ4n) is 4.38. The smallest absolute Gasteiger partial charge is 0.316 e. The molecule has 1 aliphatic carbocycles. The molecule has 3 heterocycles. The van der Waals surface area contributed by atoms with Crippen molar-refractivity contribution in [3.8, 4) is 0 Å². The van der Waals surface area contributed by atoms with Crippen LogP contribution in [0, 0.1) is 12.8 Å². The molecule has 3 saturated heterocycles. The first-order valence-electron chi connectivity index (χ1n) is 8.68. The highest BCUT2D eigenvalue weighted by molar-refractivity contribution is 5.84. The van der Waals surface area contributed by atoms with Gasteiger partial charge in [-0.25, -0.2) is 0 Å². The topological polar surface area (TPSA) is 29.5 Å². The summed E-state index contributed by atoms with van der Waals surface area (Å²) >= 11 is 0. The van der Waals surface area contributed by atoms with E-state index in [9.17, 15) is 4.79 Å². The van der Waals surface area contributed by atoms with E-state index in [4.69, 9.17) is 4.74 Å². The lowest BCUT2D eigenvalue weighted by Crippen LogP contribution is -2.54. The highest BCUT2D eigenvalue weighted by Crippen LogP contribution is 2.46. The van der Waals surface area contributed by atoms with Gasteiger partial charge in [-0.2, -0.15) is 0 Å². The third-order valence-electron chi connectivity index (χ3n) is 6.02. The number of hydrogen-bond donors (Lipinski definition) is 0. The van der Waals surface area contributed by atoms with Gasteiger partial charge >= 0.3 is 5.97 Å². The molecule has 0 amide bonds. The van der Waals surface area contributed by atoms with Crippen molar-refractivity contribution >= 4 is 5.97 Å². The highest BCUT2D eigenvalue weighted by Gasteiger charge is 2.49. The molecule has 3 aliphatic heterocycles. The number of rotatable bonds is 3. The number of ether oxygens (including phenoxy) is 1. The quantitative estimate of drug-likeness (QED) is 0.803. The van der Waals surface area contributed by atoms with Gasteiger partial charge in [0.2, 0.25) is 0 Å². The molecule has 4 fully saturated rings. The summed E-state index contributed by atoms with van der Waals surface area (Å²) in [6.45, 7) is 5.40. The molecule has 22 heavy (non-hydrogen) atoms. The summed E-state index contributed by atoms with van der Waals surface area (Å²) in [4.78, 5) is 15.4. The summed E-state index contributed by atoms with van der Waals surface area (Å²) < 4.78 is 6.05. The first-order valence-corrected chi connectivity index (χ1v) is 8.68. The second kappa shape index (κ2) is 5.38. The minimum Gasteiger partial charge on any atom is -0.460 e. The van der Waals surface area contributed by atoms with Crippen molar-refractivity contribution in [3.63, 3.8) is 0 Å². The average molecular weight is 299 g/mol. The van der Waals surface area contributed by atoms with E-state index >= 15 is 0 Å². The number of fused-ring (bicyclic) bond motifs is 3. The number of benzene rings is 1. The molecule has 3 heteroatoms. The Kier molecular flexibility index (Phi) is 3.48. The second-order valence-corrected chi connectivity index (χ2v) is 7.39. The van der Waals surface area contributed by atoms with Gasteiger partial charge in [0.25, 0.3) is 0 Å². The van der Waals surface area contributed by atoms with E-state index in [1.165, 1.54) is 31.5 Å². The van der Waals surface area contributed by atoms with Gasteiger partial charge < -0.3 is 4.74 Å². The average Bonchev–Trinajstić information content (AvgIpc) is 2.47. The Balaban J connectivity index is 1.53. The largest absolute Gasteiger partial charge is 0.460 e. The van der Waals surface area contributed by atoms with Crippen molar-refractivity contribution in [1.82, 2.24) is 4.90 Å². The van der Waals surface area contributed by atoms with Crippen LogP contribution in [0.5, 0.6) is 0 Å². The van der Waals surface area contributed by atoms with Crippen molar-refractivity contribution < 1.29 is 9.53 Å². The van der Waals surface area contributed by atoms with E-state index in [1.807, 2.05) is 0 Å². The van der Waals surface area contributed by atoms with Gasteiger partial charge in [-0.1, -0.05) is 36.2 Å². The third kappa shape index (κ3) is 2.26. The first kappa shape index (κ1) is 14.3. The maximum atomic E-state index is 13.0. The van der Waals surface area contributed by atoms with Crippen molar-refractivity contribution in [1.29, 1.82) is 0 Å². The fourth-order valence-corrected chi connectivity index (χ4v) is 4.38. The standard InChI is InChI=1S/C19H25NO2/c1-14-4-2-5-16(12-14)19(8-3-9-19)18(21)22-17-13-20-10-6-15(17)7-11-20/h2,4-5,12,15,17H,3,6-11,13H2,1H3. The molecule has 1 aromatic carbocycles. The number of carbonyl (C=O) groups excluding carboxylic acids is 1. The monoisotopic (exact) mass is 299 g/mol. The van der Waals surface area contributed by atoms with Crippen LogP contribution < -0.4 is 0 Å². The molecule has 3 nitrogen and oxygen atoms in total. The van der Waals surface area contributed by atoms with Crippen LogP contribution in [0.25, 0.3) is 0 Å². The van der Waals surface area contributed by atoms with Crippen molar-refractivity contribution in [2.24, 2.45) is 5.92 Å². The van der Waals surface area contributed by atoms with Gasteiger partial charge in [0.1, 0.15) is 6.10 Å². The number of hydrogen-bond acceptors (Lipinski definition) is 3. The lowest BCUT2D eigenvalue weighted by Gasteiger charge is -2.46. The van der Waals surface area contributed by atoms with E-state index in [0.29, 0.717) is 5.92 Å². The van der Waals surface area contributed by atoms with Gasteiger partial charge in [0.05, 0.1) is 5.41 Å². The Morgan fingerprint density at radius 3 is 2.59 bits per heavy atom. The van der Waals surface area contributed by atoms with Crippen LogP contribution in [-0.4, -0.2) is 36.6 Å². The molecule has 1 unspecified atom stereocenters. The van der Waals surface area contributed by atoms with E-state index in [1.54, 1.807) is 0 Å². The molecule has 2 bridgehead atoms. The molecule has 0 aromatic heterocycles.